The molecule has 0 aliphatic carbocycles. The van der Waals surface area contributed by atoms with Crippen molar-refractivity contribution in [3.8, 4) is 0 Å². The van der Waals surface area contributed by atoms with Crippen LogP contribution >= 0.6 is 23.1 Å². The van der Waals surface area contributed by atoms with Gasteiger partial charge in [-0.2, -0.15) is 0 Å². The van der Waals surface area contributed by atoms with Gasteiger partial charge in [0.15, 0.2) is 5.16 Å². The number of aromatic nitrogens is 4. The van der Waals surface area contributed by atoms with Gasteiger partial charge in [-0.3, -0.25) is 0 Å². The number of nitrogens with two attached hydrogens (primary N) is 1. The molecular weight excluding hydrogens is 230 g/mol. The molecule has 0 bridgehead atoms. The maximum atomic E-state index is 5.48. The van der Waals surface area contributed by atoms with Crippen LogP contribution in [0.5, 0.6) is 0 Å². The summed E-state index contributed by atoms with van der Waals surface area (Å²) >= 11 is 2.92. The summed E-state index contributed by atoms with van der Waals surface area (Å²) in [5, 5.41) is 9.80. The number of hydrogen-bond acceptors (Lipinski definition) is 7. The number of hydrogen-bond donors (Lipinski definition) is 1. The number of anilines is 1. The first-order chi connectivity index (χ1) is 7.24. The first kappa shape index (κ1) is 10.3. The van der Waals surface area contributed by atoms with E-state index in [1.807, 2.05) is 13.0 Å². The lowest BCUT2D eigenvalue weighted by Crippen LogP contribution is -1.89. The van der Waals surface area contributed by atoms with Crippen molar-refractivity contribution >= 4 is 28.2 Å². The van der Waals surface area contributed by atoms with Crippen LogP contribution in [0.2, 0.25) is 0 Å². The zero-order chi connectivity index (χ0) is 10.7. The Hall–Kier alpha value is -1.21. The summed E-state index contributed by atoms with van der Waals surface area (Å²) in [5.74, 6) is 0.707. The molecule has 0 saturated heterocycles. The van der Waals surface area contributed by atoms with Gasteiger partial charge >= 0.3 is 0 Å². The minimum atomic E-state index is 0.496. The molecule has 2 heterocycles. The molecule has 0 fully saturated rings. The summed E-state index contributed by atoms with van der Waals surface area (Å²) in [4.78, 5) is 8.41. The fraction of sp³-hybridized carbons (Fsp3) is 0.250. The molecule has 7 heteroatoms. The average molecular weight is 239 g/mol. The minimum absolute atomic E-state index is 0.496. The van der Waals surface area contributed by atoms with Crippen molar-refractivity contribution in [2.24, 2.45) is 0 Å². The van der Waals surface area contributed by atoms with Gasteiger partial charge < -0.3 is 5.73 Å². The van der Waals surface area contributed by atoms with E-state index in [0.717, 1.165) is 15.9 Å². The molecule has 0 atom stereocenters. The predicted molar refractivity (Wildman–Crippen MR) is 60.7 cm³/mol. The molecule has 0 aliphatic rings. The zero-order valence-corrected chi connectivity index (χ0v) is 9.68. The van der Waals surface area contributed by atoms with Gasteiger partial charge in [0.2, 0.25) is 5.13 Å². The summed E-state index contributed by atoms with van der Waals surface area (Å²) in [5.41, 5.74) is 6.44. The van der Waals surface area contributed by atoms with E-state index >= 15 is 0 Å². The largest absolute Gasteiger partial charge is 0.374 e. The number of rotatable bonds is 3. The normalized spacial score (nSPS) is 10.5. The fourth-order valence-electron chi connectivity index (χ4n) is 0.947. The summed E-state index contributed by atoms with van der Waals surface area (Å²) in [7, 11) is 0. The van der Waals surface area contributed by atoms with Crippen molar-refractivity contribution in [1.82, 2.24) is 20.2 Å². The smallest absolute Gasteiger partial charge is 0.203 e. The first-order valence-electron chi connectivity index (χ1n) is 4.24. The summed E-state index contributed by atoms with van der Waals surface area (Å²) in [6.45, 7) is 1.94. The van der Waals surface area contributed by atoms with Crippen molar-refractivity contribution < 1.29 is 0 Å². The first-order valence-corrected chi connectivity index (χ1v) is 6.04. The number of aryl methyl sites for hydroxylation is 1. The Morgan fingerprint density at radius 2 is 2.33 bits per heavy atom. The maximum absolute atomic E-state index is 5.48. The van der Waals surface area contributed by atoms with Crippen LogP contribution < -0.4 is 5.73 Å². The highest BCUT2D eigenvalue weighted by Gasteiger charge is 2.03. The van der Waals surface area contributed by atoms with E-state index in [4.69, 9.17) is 5.73 Å². The maximum Gasteiger partial charge on any atom is 0.203 e. The van der Waals surface area contributed by atoms with E-state index in [0.29, 0.717) is 10.9 Å². The van der Waals surface area contributed by atoms with E-state index in [1.54, 1.807) is 6.20 Å². The van der Waals surface area contributed by atoms with Crippen LogP contribution in [-0.2, 0) is 5.75 Å². The molecule has 78 valence electrons. The average Bonchev–Trinajstić information content (AvgIpc) is 2.62. The summed E-state index contributed by atoms with van der Waals surface area (Å²) in [6.07, 6.45) is 1.75. The van der Waals surface area contributed by atoms with Crippen LogP contribution in [0.3, 0.4) is 0 Å². The van der Waals surface area contributed by atoms with E-state index < -0.39 is 0 Å². The minimum Gasteiger partial charge on any atom is -0.374 e. The van der Waals surface area contributed by atoms with Gasteiger partial charge in [0.25, 0.3) is 0 Å². The summed E-state index contributed by atoms with van der Waals surface area (Å²) in [6, 6.07) is 1.87. The standard InChI is InChI=1S/C8H9N5S2/c1-5-2-3-10-8(11-5)14-4-6-12-13-7(9)15-6/h2-3H,4H2,1H3,(H2,9,13). The monoisotopic (exact) mass is 239 g/mol. The van der Waals surface area contributed by atoms with Gasteiger partial charge in [-0.05, 0) is 13.0 Å². The Morgan fingerprint density at radius 3 is 3.00 bits per heavy atom. The van der Waals surface area contributed by atoms with Crippen LogP contribution in [0.1, 0.15) is 10.7 Å². The topological polar surface area (TPSA) is 77.6 Å². The number of nitrogen functional groups attached to an aromatic ring is 1. The molecule has 0 spiro atoms. The Kier molecular flexibility index (Phi) is 3.12. The third-order valence-electron chi connectivity index (χ3n) is 1.58. The second kappa shape index (κ2) is 4.54. The molecule has 0 saturated carbocycles. The zero-order valence-electron chi connectivity index (χ0n) is 8.04. The van der Waals surface area contributed by atoms with Crippen molar-refractivity contribution in [3.05, 3.63) is 23.0 Å². The van der Waals surface area contributed by atoms with E-state index in [2.05, 4.69) is 20.2 Å². The third kappa shape index (κ3) is 2.87. The lowest BCUT2D eigenvalue weighted by atomic mass is 10.5. The van der Waals surface area contributed by atoms with Crippen molar-refractivity contribution in [1.29, 1.82) is 0 Å². The van der Waals surface area contributed by atoms with E-state index in [-0.39, 0.29) is 0 Å². The quantitative estimate of drug-likeness (QED) is 0.646. The Morgan fingerprint density at radius 1 is 1.47 bits per heavy atom. The van der Waals surface area contributed by atoms with Crippen molar-refractivity contribution in [2.75, 3.05) is 5.73 Å². The van der Waals surface area contributed by atoms with Crippen molar-refractivity contribution in [3.63, 3.8) is 0 Å². The molecule has 2 aromatic heterocycles. The lowest BCUT2D eigenvalue weighted by Gasteiger charge is -1.97. The highest BCUT2D eigenvalue weighted by molar-refractivity contribution is 7.98. The molecule has 0 radical (unpaired) electrons. The fourth-order valence-corrected chi connectivity index (χ4v) is 2.42. The number of thioether (sulfide) groups is 1. The van der Waals surface area contributed by atoms with Gasteiger partial charge in [-0.25, -0.2) is 9.97 Å². The second-order valence-electron chi connectivity index (χ2n) is 2.80. The summed E-state index contributed by atoms with van der Waals surface area (Å²) < 4.78 is 0. The predicted octanol–water partition coefficient (Wildman–Crippen LogP) is 1.51. The molecular formula is C8H9N5S2. The van der Waals surface area contributed by atoms with Gasteiger partial charge in [0.05, 0.1) is 5.75 Å². The molecule has 2 N–H and O–H groups in total. The Labute approximate surface area is 95.2 Å². The molecule has 15 heavy (non-hydrogen) atoms. The highest BCUT2D eigenvalue weighted by atomic mass is 32.2. The molecule has 0 aliphatic heterocycles. The number of nitrogens with zero attached hydrogens (tertiary/aromatic N) is 4. The van der Waals surface area contributed by atoms with E-state index in [9.17, 15) is 0 Å². The Balaban J connectivity index is 1.99. The Bertz CT molecular complexity index is 456. The van der Waals surface area contributed by atoms with Gasteiger partial charge in [0.1, 0.15) is 5.01 Å². The van der Waals surface area contributed by atoms with Crippen LogP contribution in [-0.4, -0.2) is 20.2 Å². The van der Waals surface area contributed by atoms with Gasteiger partial charge in [-0.1, -0.05) is 23.1 Å². The molecule has 2 rings (SSSR count). The second-order valence-corrected chi connectivity index (χ2v) is 4.84. The lowest BCUT2D eigenvalue weighted by molar-refractivity contribution is 0.930. The third-order valence-corrected chi connectivity index (χ3v) is 3.39. The van der Waals surface area contributed by atoms with Gasteiger partial charge in [0, 0.05) is 11.9 Å². The van der Waals surface area contributed by atoms with E-state index in [1.165, 1.54) is 23.1 Å². The molecule has 0 unspecified atom stereocenters. The van der Waals surface area contributed by atoms with Crippen molar-refractivity contribution in [2.45, 2.75) is 17.8 Å². The molecule has 0 amide bonds. The molecule has 2 aromatic rings. The van der Waals surface area contributed by atoms with Crippen LogP contribution in [0, 0.1) is 6.92 Å². The molecule has 5 nitrogen and oxygen atoms in total. The van der Waals surface area contributed by atoms with Crippen LogP contribution in [0.15, 0.2) is 17.4 Å². The SMILES string of the molecule is Cc1ccnc(SCc2nnc(N)s2)n1. The van der Waals surface area contributed by atoms with Gasteiger partial charge in [-0.15, -0.1) is 10.2 Å². The van der Waals surface area contributed by atoms with Crippen LogP contribution in [0.25, 0.3) is 0 Å². The molecule has 0 aromatic carbocycles. The van der Waals surface area contributed by atoms with Crippen LogP contribution in [0.4, 0.5) is 5.13 Å². The highest BCUT2D eigenvalue weighted by Crippen LogP contribution is 2.21.